The minimum absolute atomic E-state index is 0.161. The molecule has 0 saturated heterocycles. The van der Waals surface area contributed by atoms with E-state index in [1.165, 1.54) is 60.8 Å². The summed E-state index contributed by atoms with van der Waals surface area (Å²) in [6.07, 6.45) is 12.0. The highest BCUT2D eigenvalue weighted by molar-refractivity contribution is 8.00. The van der Waals surface area contributed by atoms with Gasteiger partial charge in [0.25, 0.3) is 0 Å². The number of aromatic nitrogens is 2. The molecule has 0 bridgehead atoms. The minimum atomic E-state index is 0.161. The summed E-state index contributed by atoms with van der Waals surface area (Å²) >= 11 is 3.50. The molecule has 0 spiro atoms. The van der Waals surface area contributed by atoms with E-state index in [1.54, 1.807) is 11.8 Å². The van der Waals surface area contributed by atoms with Crippen LogP contribution >= 0.6 is 23.1 Å². The zero-order chi connectivity index (χ0) is 19.1. The predicted octanol–water partition coefficient (Wildman–Crippen LogP) is 5.23. The second-order valence-corrected chi connectivity index (χ2v) is 10.9. The first-order valence-electron chi connectivity index (χ1n) is 10.9. The molecule has 2 aromatic rings. The number of carbonyl (C=O) groups is 1. The number of nitrogens with one attached hydrogen (secondary N) is 1. The van der Waals surface area contributed by atoms with Crippen molar-refractivity contribution in [3.8, 4) is 0 Å². The summed E-state index contributed by atoms with van der Waals surface area (Å²) in [6, 6.07) is 0.379. The fourth-order valence-electron chi connectivity index (χ4n) is 4.60. The van der Waals surface area contributed by atoms with Crippen molar-refractivity contribution >= 4 is 39.2 Å². The van der Waals surface area contributed by atoms with Gasteiger partial charge in [0, 0.05) is 22.2 Å². The second-order valence-electron chi connectivity index (χ2n) is 8.88. The van der Waals surface area contributed by atoms with Gasteiger partial charge in [-0.1, -0.05) is 37.9 Å². The van der Waals surface area contributed by atoms with E-state index in [0.717, 1.165) is 40.9 Å². The Bertz CT molecular complexity index is 884. The number of fused-ring (bicyclic) bond motifs is 3. The fraction of sp³-hybridized carbons (Fsp3) is 0.682. The number of rotatable bonds is 5. The highest BCUT2D eigenvalue weighted by Crippen LogP contribution is 2.44. The standard InChI is InChI=1S/C22H29N3OS2/c1-13-7-10-16-17(11-13)28-22-19(16)21(24-20(25-22)14-8-9-14)27-12-18(26)23-15-5-3-2-4-6-15/h13-15H,2-12H2,1H3,(H,23,26). The number of hydrogen-bond acceptors (Lipinski definition) is 5. The average molecular weight is 416 g/mol. The molecule has 1 N–H and O–H groups in total. The molecule has 2 saturated carbocycles. The van der Waals surface area contributed by atoms with E-state index in [0.29, 0.717) is 17.7 Å². The van der Waals surface area contributed by atoms with Gasteiger partial charge in [0.05, 0.1) is 5.75 Å². The topological polar surface area (TPSA) is 54.9 Å². The van der Waals surface area contributed by atoms with Crippen LogP contribution in [0.1, 0.15) is 80.5 Å². The third kappa shape index (κ3) is 3.95. The van der Waals surface area contributed by atoms with Crippen LogP contribution in [0.15, 0.2) is 5.03 Å². The largest absolute Gasteiger partial charge is 0.353 e. The first-order valence-corrected chi connectivity index (χ1v) is 12.7. The summed E-state index contributed by atoms with van der Waals surface area (Å²) < 4.78 is 0. The molecule has 1 amide bonds. The van der Waals surface area contributed by atoms with E-state index >= 15 is 0 Å². The van der Waals surface area contributed by atoms with E-state index in [9.17, 15) is 4.79 Å². The van der Waals surface area contributed by atoms with Crippen LogP contribution in [0.2, 0.25) is 0 Å². The van der Waals surface area contributed by atoms with Crippen LogP contribution < -0.4 is 5.32 Å². The lowest BCUT2D eigenvalue weighted by Crippen LogP contribution is -2.37. The first-order chi connectivity index (χ1) is 13.7. The predicted molar refractivity (Wildman–Crippen MR) is 116 cm³/mol. The van der Waals surface area contributed by atoms with Crippen LogP contribution in [0.3, 0.4) is 0 Å². The van der Waals surface area contributed by atoms with Crippen molar-refractivity contribution in [1.29, 1.82) is 0 Å². The Morgan fingerprint density at radius 1 is 1.14 bits per heavy atom. The van der Waals surface area contributed by atoms with Crippen LogP contribution in [0, 0.1) is 5.92 Å². The van der Waals surface area contributed by atoms with Gasteiger partial charge in [0.15, 0.2) is 0 Å². The normalized spacial score (nSPS) is 23.0. The summed E-state index contributed by atoms with van der Waals surface area (Å²) in [5.74, 6) is 2.93. The minimum Gasteiger partial charge on any atom is -0.353 e. The van der Waals surface area contributed by atoms with E-state index in [-0.39, 0.29) is 5.91 Å². The number of amides is 1. The monoisotopic (exact) mass is 415 g/mol. The van der Waals surface area contributed by atoms with Crippen molar-refractivity contribution in [3.63, 3.8) is 0 Å². The van der Waals surface area contributed by atoms with Crippen molar-refractivity contribution in [2.24, 2.45) is 5.92 Å². The van der Waals surface area contributed by atoms with Crippen LogP contribution in [0.5, 0.6) is 0 Å². The summed E-state index contributed by atoms with van der Waals surface area (Å²) in [7, 11) is 0. The number of carbonyl (C=O) groups excluding carboxylic acids is 1. The molecule has 2 aromatic heterocycles. The number of hydrogen-bond donors (Lipinski definition) is 1. The Morgan fingerprint density at radius 3 is 2.75 bits per heavy atom. The van der Waals surface area contributed by atoms with Crippen molar-refractivity contribution in [2.45, 2.75) is 88.1 Å². The molecule has 0 aliphatic heterocycles. The van der Waals surface area contributed by atoms with Gasteiger partial charge in [-0.2, -0.15) is 0 Å². The third-order valence-corrected chi connectivity index (χ3v) is 8.52. The zero-order valence-corrected chi connectivity index (χ0v) is 18.3. The second kappa shape index (κ2) is 7.94. The number of thioether (sulfide) groups is 1. The fourth-order valence-corrected chi connectivity index (χ4v) is 6.93. The molecule has 2 heterocycles. The van der Waals surface area contributed by atoms with Crippen LogP contribution in [0.25, 0.3) is 10.2 Å². The molecule has 2 fully saturated rings. The van der Waals surface area contributed by atoms with E-state index in [4.69, 9.17) is 9.97 Å². The summed E-state index contributed by atoms with van der Waals surface area (Å²) in [6.45, 7) is 2.35. The first kappa shape index (κ1) is 18.9. The summed E-state index contributed by atoms with van der Waals surface area (Å²) in [5, 5.41) is 5.56. The Kier molecular flexibility index (Phi) is 5.35. The van der Waals surface area contributed by atoms with Crippen molar-refractivity contribution in [2.75, 3.05) is 5.75 Å². The molecule has 4 nitrogen and oxygen atoms in total. The maximum Gasteiger partial charge on any atom is 0.230 e. The lowest BCUT2D eigenvalue weighted by molar-refractivity contribution is -0.119. The molecular formula is C22H29N3OS2. The van der Waals surface area contributed by atoms with Gasteiger partial charge in [0.2, 0.25) is 5.91 Å². The van der Waals surface area contributed by atoms with Gasteiger partial charge in [-0.05, 0) is 56.4 Å². The molecule has 5 rings (SSSR count). The maximum atomic E-state index is 12.5. The lowest BCUT2D eigenvalue weighted by Gasteiger charge is -2.22. The number of aryl methyl sites for hydroxylation is 1. The van der Waals surface area contributed by atoms with Crippen LogP contribution in [0.4, 0.5) is 0 Å². The quantitative estimate of drug-likeness (QED) is 0.536. The lowest BCUT2D eigenvalue weighted by atomic mass is 9.89. The average Bonchev–Trinajstić information content (AvgIpc) is 3.47. The van der Waals surface area contributed by atoms with Crippen molar-refractivity contribution < 1.29 is 4.79 Å². The SMILES string of the molecule is CC1CCc2c(sc3nc(C4CC4)nc(SCC(=O)NC4CCCCC4)c23)C1. The highest BCUT2D eigenvalue weighted by atomic mass is 32.2. The molecular weight excluding hydrogens is 386 g/mol. The Hall–Kier alpha value is -1.14. The van der Waals surface area contributed by atoms with Crippen LogP contribution in [-0.2, 0) is 17.6 Å². The molecule has 6 heteroatoms. The zero-order valence-electron chi connectivity index (χ0n) is 16.6. The molecule has 1 unspecified atom stereocenters. The van der Waals surface area contributed by atoms with E-state index in [2.05, 4.69) is 12.2 Å². The summed E-state index contributed by atoms with van der Waals surface area (Å²) in [5.41, 5.74) is 1.47. The Balaban J connectivity index is 1.38. The van der Waals surface area contributed by atoms with Gasteiger partial charge in [0.1, 0.15) is 15.7 Å². The molecule has 0 radical (unpaired) electrons. The van der Waals surface area contributed by atoms with Gasteiger partial charge in [-0.15, -0.1) is 11.3 Å². The van der Waals surface area contributed by atoms with Gasteiger partial charge < -0.3 is 5.32 Å². The number of thiophene rings is 1. The van der Waals surface area contributed by atoms with Gasteiger partial charge >= 0.3 is 0 Å². The van der Waals surface area contributed by atoms with E-state index in [1.807, 2.05) is 11.3 Å². The van der Waals surface area contributed by atoms with Crippen molar-refractivity contribution in [3.05, 3.63) is 16.3 Å². The highest BCUT2D eigenvalue weighted by Gasteiger charge is 2.30. The van der Waals surface area contributed by atoms with Crippen molar-refractivity contribution in [1.82, 2.24) is 15.3 Å². The smallest absolute Gasteiger partial charge is 0.230 e. The van der Waals surface area contributed by atoms with Gasteiger partial charge in [-0.25, -0.2) is 9.97 Å². The van der Waals surface area contributed by atoms with Gasteiger partial charge in [-0.3, -0.25) is 4.79 Å². The molecule has 28 heavy (non-hydrogen) atoms. The summed E-state index contributed by atoms with van der Waals surface area (Å²) in [4.78, 5) is 25.1. The molecule has 150 valence electrons. The van der Waals surface area contributed by atoms with Crippen LogP contribution in [-0.4, -0.2) is 27.7 Å². The molecule has 3 aliphatic carbocycles. The molecule has 0 aromatic carbocycles. The third-order valence-electron chi connectivity index (χ3n) is 6.39. The Morgan fingerprint density at radius 2 is 1.96 bits per heavy atom. The number of nitrogens with zero attached hydrogens (tertiary/aromatic N) is 2. The van der Waals surface area contributed by atoms with E-state index < -0.39 is 0 Å². The Labute approximate surface area is 175 Å². The molecule has 1 atom stereocenters. The maximum absolute atomic E-state index is 12.5. The molecule has 3 aliphatic rings.